The Labute approximate surface area is 325 Å². The number of hydrogen-bond donors (Lipinski definition) is 0. The number of benzene rings is 1. The molecule has 3 nitrogen and oxygen atoms in total. The number of carbonyl (C=O) groups is 2. The quantitative estimate of drug-likeness (QED) is 0.0294. The van der Waals surface area contributed by atoms with Crippen molar-refractivity contribution in [3.63, 3.8) is 0 Å². The Kier molecular flexibility index (Phi) is 32.6. The smallest absolute Gasteiger partial charge is 0.320 e. The summed E-state index contributed by atoms with van der Waals surface area (Å²) in [6, 6.07) is 9.47. The summed E-state index contributed by atoms with van der Waals surface area (Å²) in [5.41, 5.74) is -0.456. The zero-order valence-corrected chi connectivity index (χ0v) is 35.4. The van der Waals surface area contributed by atoms with Crippen LogP contribution in [0.5, 0.6) is 0 Å². The van der Waals surface area contributed by atoms with Crippen LogP contribution in [0.25, 0.3) is 0 Å². The Morgan fingerprint density at radius 1 is 0.500 bits per heavy atom. The molecule has 0 radical (unpaired) electrons. The predicted molar refractivity (Wildman–Crippen MR) is 227 cm³/mol. The molecule has 0 N–H and O–H groups in total. The van der Waals surface area contributed by atoms with Gasteiger partial charge < -0.3 is 4.74 Å². The van der Waals surface area contributed by atoms with Gasteiger partial charge in [0.05, 0.1) is 6.61 Å². The Hall–Kier alpha value is -1.64. The molecule has 0 amide bonds. The second kappa shape index (κ2) is 35.1. The predicted octanol–water partition coefficient (Wildman–Crippen LogP) is 16.4. The van der Waals surface area contributed by atoms with E-state index in [0.29, 0.717) is 30.9 Å². The maximum atomic E-state index is 14.1. The van der Waals surface area contributed by atoms with Gasteiger partial charge in [-0.15, -0.1) is 0 Å². The molecule has 1 aromatic rings. The summed E-state index contributed by atoms with van der Waals surface area (Å²) >= 11 is 0. The van der Waals surface area contributed by atoms with Crippen LogP contribution >= 0.6 is 0 Å². The largest absolute Gasteiger partial charge is 0.465 e. The fourth-order valence-electron chi connectivity index (χ4n) is 8.11. The Balaban J connectivity index is 2.37. The van der Waals surface area contributed by atoms with Crippen molar-refractivity contribution in [2.75, 3.05) is 6.61 Å². The summed E-state index contributed by atoms with van der Waals surface area (Å²) < 4.78 is 5.97. The van der Waals surface area contributed by atoms with Crippen LogP contribution in [-0.4, -0.2) is 18.4 Å². The standard InChI is InChI=1S/C49H88O3/c1-5-9-11-13-15-17-19-21-23-24-26-28-30-32-34-39-43-52-48(51)49(8-4,47(50)46-41-37-35-38-42-46)44-45(7-3)40-36-33-31-29-27-25-22-20-18-16-14-12-10-6-2/h35,37-38,41-42,45H,5-34,36,39-40,43-44H2,1-4H3. The number of carbonyl (C=O) groups excluding carboxylic acids is 2. The van der Waals surface area contributed by atoms with E-state index in [-0.39, 0.29) is 11.8 Å². The molecule has 1 rings (SSSR count). The van der Waals surface area contributed by atoms with Gasteiger partial charge in [0.15, 0.2) is 5.78 Å². The molecule has 0 aromatic heterocycles. The van der Waals surface area contributed by atoms with Crippen LogP contribution in [0, 0.1) is 11.3 Å². The first-order valence-electron chi connectivity index (χ1n) is 23.3. The molecule has 0 fully saturated rings. The number of Topliss-reactive ketones (excluding diaryl/α,β-unsaturated/α-hetero) is 1. The van der Waals surface area contributed by atoms with Crippen LogP contribution in [-0.2, 0) is 9.53 Å². The number of ether oxygens (including phenoxy) is 1. The average molecular weight is 725 g/mol. The first-order valence-corrected chi connectivity index (χ1v) is 23.3. The van der Waals surface area contributed by atoms with E-state index < -0.39 is 5.41 Å². The molecule has 2 atom stereocenters. The number of ketones is 1. The number of hydrogen-bond acceptors (Lipinski definition) is 3. The number of rotatable bonds is 39. The average Bonchev–Trinajstić information content (AvgIpc) is 3.17. The zero-order chi connectivity index (χ0) is 37.8. The monoisotopic (exact) mass is 725 g/mol. The number of esters is 1. The molecule has 0 saturated heterocycles. The molecule has 0 aliphatic heterocycles. The van der Waals surface area contributed by atoms with E-state index in [1.54, 1.807) is 0 Å². The Morgan fingerprint density at radius 2 is 0.865 bits per heavy atom. The molecule has 0 spiro atoms. The lowest BCUT2D eigenvalue weighted by atomic mass is 9.70. The summed E-state index contributed by atoms with van der Waals surface area (Å²) in [4.78, 5) is 28.0. The van der Waals surface area contributed by atoms with Crippen molar-refractivity contribution in [1.82, 2.24) is 0 Å². The summed E-state index contributed by atoms with van der Waals surface area (Å²) in [5.74, 6) is 0.0178. The summed E-state index contributed by atoms with van der Waals surface area (Å²) in [5, 5.41) is 0. The van der Waals surface area contributed by atoms with E-state index in [4.69, 9.17) is 4.74 Å². The first-order chi connectivity index (χ1) is 25.6. The highest BCUT2D eigenvalue weighted by Gasteiger charge is 2.47. The third-order valence-corrected chi connectivity index (χ3v) is 11.9. The van der Waals surface area contributed by atoms with E-state index in [1.807, 2.05) is 37.3 Å². The third-order valence-electron chi connectivity index (χ3n) is 11.9. The van der Waals surface area contributed by atoms with Crippen molar-refractivity contribution in [3.05, 3.63) is 35.9 Å². The Bertz CT molecular complexity index is 926. The van der Waals surface area contributed by atoms with Crippen LogP contribution in [0.4, 0.5) is 0 Å². The van der Waals surface area contributed by atoms with Crippen molar-refractivity contribution in [2.45, 2.75) is 246 Å². The summed E-state index contributed by atoms with van der Waals surface area (Å²) in [6.07, 6.45) is 43.4. The van der Waals surface area contributed by atoms with E-state index in [2.05, 4.69) is 20.8 Å². The van der Waals surface area contributed by atoms with Crippen molar-refractivity contribution in [1.29, 1.82) is 0 Å². The lowest BCUT2D eigenvalue weighted by molar-refractivity contribution is -0.154. The van der Waals surface area contributed by atoms with Gasteiger partial charge >= 0.3 is 5.97 Å². The van der Waals surface area contributed by atoms with E-state index in [0.717, 1.165) is 25.7 Å². The van der Waals surface area contributed by atoms with E-state index in [1.165, 1.54) is 180 Å². The molecule has 0 heterocycles. The topological polar surface area (TPSA) is 43.4 Å². The van der Waals surface area contributed by atoms with Gasteiger partial charge in [-0.25, -0.2) is 0 Å². The van der Waals surface area contributed by atoms with Crippen LogP contribution in [0.15, 0.2) is 30.3 Å². The summed E-state index contributed by atoms with van der Waals surface area (Å²) in [6.45, 7) is 9.24. The van der Waals surface area contributed by atoms with Gasteiger partial charge in [-0.05, 0) is 25.2 Å². The lowest BCUT2D eigenvalue weighted by Crippen LogP contribution is -2.42. The SMILES string of the molecule is CCCCCCCCCCCCCCCCCCOC(=O)C(CC)(CC(CC)CCCCCCCCCCCCCCCC)C(=O)c1ccccc1. The maximum Gasteiger partial charge on any atom is 0.320 e. The minimum absolute atomic E-state index is 0.0491. The van der Waals surface area contributed by atoms with Crippen LogP contribution in [0.2, 0.25) is 0 Å². The maximum absolute atomic E-state index is 14.1. The van der Waals surface area contributed by atoms with Gasteiger partial charge in [-0.3, -0.25) is 9.59 Å². The van der Waals surface area contributed by atoms with Gasteiger partial charge in [0.2, 0.25) is 0 Å². The molecule has 0 aliphatic rings. The fourth-order valence-corrected chi connectivity index (χ4v) is 8.11. The number of unbranched alkanes of at least 4 members (excludes halogenated alkanes) is 28. The molecule has 0 bridgehead atoms. The van der Waals surface area contributed by atoms with Gasteiger partial charge in [0, 0.05) is 5.56 Å². The minimum atomic E-state index is -1.09. The van der Waals surface area contributed by atoms with Gasteiger partial charge in [0.25, 0.3) is 0 Å². The van der Waals surface area contributed by atoms with E-state index in [9.17, 15) is 9.59 Å². The molecule has 3 heteroatoms. The third kappa shape index (κ3) is 23.9. The normalized spacial score (nSPS) is 13.2. The van der Waals surface area contributed by atoms with Gasteiger partial charge in [0.1, 0.15) is 5.41 Å². The molecular weight excluding hydrogens is 637 g/mol. The highest BCUT2D eigenvalue weighted by molar-refractivity contribution is 6.12. The molecule has 0 aliphatic carbocycles. The van der Waals surface area contributed by atoms with Crippen molar-refractivity contribution in [2.24, 2.45) is 11.3 Å². The van der Waals surface area contributed by atoms with Crippen molar-refractivity contribution in [3.8, 4) is 0 Å². The minimum Gasteiger partial charge on any atom is -0.465 e. The first kappa shape index (κ1) is 48.4. The highest BCUT2D eigenvalue weighted by Crippen LogP contribution is 2.39. The molecule has 1 aromatic carbocycles. The fraction of sp³-hybridized carbons (Fsp3) is 0.837. The molecule has 0 saturated carbocycles. The van der Waals surface area contributed by atoms with Crippen LogP contribution in [0.3, 0.4) is 0 Å². The van der Waals surface area contributed by atoms with Crippen LogP contribution in [0.1, 0.15) is 256 Å². The highest BCUT2D eigenvalue weighted by atomic mass is 16.5. The molecule has 52 heavy (non-hydrogen) atoms. The second-order valence-corrected chi connectivity index (χ2v) is 16.4. The molecular formula is C49H88O3. The van der Waals surface area contributed by atoms with E-state index >= 15 is 0 Å². The zero-order valence-electron chi connectivity index (χ0n) is 35.4. The summed E-state index contributed by atoms with van der Waals surface area (Å²) in [7, 11) is 0. The molecule has 2 unspecified atom stereocenters. The lowest BCUT2D eigenvalue weighted by Gasteiger charge is -2.32. The second-order valence-electron chi connectivity index (χ2n) is 16.4. The van der Waals surface area contributed by atoms with Gasteiger partial charge in [-0.2, -0.15) is 0 Å². The van der Waals surface area contributed by atoms with Crippen molar-refractivity contribution < 1.29 is 14.3 Å². The van der Waals surface area contributed by atoms with Gasteiger partial charge in [-0.1, -0.05) is 257 Å². The van der Waals surface area contributed by atoms with Crippen molar-refractivity contribution >= 4 is 11.8 Å². The Morgan fingerprint density at radius 3 is 1.23 bits per heavy atom. The van der Waals surface area contributed by atoms with Crippen LogP contribution < -0.4 is 0 Å². The molecule has 302 valence electrons.